The molecule has 2 unspecified atom stereocenters. The average molecular weight is 554 g/mol. The first-order valence-corrected chi connectivity index (χ1v) is 13.1. The molecule has 8 heteroatoms. The SMILES string of the molecule is CC(C)(C)OC(=O)N1C2CC[C@@H](C2)[C@H]1C(=O)NC(C#N)Cc1ccc(Br)cc1OCc1ccccc1. The van der Waals surface area contributed by atoms with E-state index in [1.165, 1.54) is 0 Å². The lowest BCUT2D eigenvalue weighted by atomic mass is 9.97. The molecule has 190 valence electrons. The fraction of sp³-hybridized carbons (Fsp3) is 0.464. The van der Waals surface area contributed by atoms with E-state index in [1.807, 2.05) is 69.3 Å². The van der Waals surface area contributed by atoms with Crippen molar-refractivity contribution in [2.24, 2.45) is 5.92 Å². The van der Waals surface area contributed by atoms with Crippen LogP contribution in [-0.2, 0) is 22.6 Å². The molecule has 2 fully saturated rings. The highest BCUT2D eigenvalue weighted by Crippen LogP contribution is 2.43. The summed E-state index contributed by atoms with van der Waals surface area (Å²) in [6.07, 6.45) is 2.37. The van der Waals surface area contributed by atoms with Gasteiger partial charge in [0.1, 0.15) is 30.0 Å². The number of rotatable bonds is 7. The number of amides is 2. The van der Waals surface area contributed by atoms with Crippen LogP contribution in [-0.4, -0.2) is 40.6 Å². The molecule has 7 nitrogen and oxygen atoms in total. The largest absolute Gasteiger partial charge is 0.489 e. The number of ether oxygens (including phenoxy) is 2. The molecule has 0 radical (unpaired) electrons. The van der Waals surface area contributed by atoms with E-state index in [4.69, 9.17) is 9.47 Å². The van der Waals surface area contributed by atoms with Crippen LogP contribution in [0.5, 0.6) is 5.75 Å². The van der Waals surface area contributed by atoms with Gasteiger partial charge in [-0.05, 0) is 69.2 Å². The van der Waals surface area contributed by atoms with Crippen LogP contribution in [0.25, 0.3) is 0 Å². The van der Waals surface area contributed by atoms with E-state index >= 15 is 0 Å². The maximum Gasteiger partial charge on any atom is 0.411 e. The number of carbonyl (C=O) groups excluding carboxylic acids is 2. The molecular formula is C28H32BrN3O4. The number of nitriles is 1. The molecule has 2 bridgehead atoms. The van der Waals surface area contributed by atoms with Crippen molar-refractivity contribution in [2.45, 2.75) is 76.8 Å². The van der Waals surface area contributed by atoms with Crippen molar-refractivity contribution in [1.82, 2.24) is 10.2 Å². The van der Waals surface area contributed by atoms with E-state index in [0.29, 0.717) is 12.4 Å². The Morgan fingerprint density at radius 3 is 2.64 bits per heavy atom. The molecule has 2 aromatic carbocycles. The summed E-state index contributed by atoms with van der Waals surface area (Å²) in [6.45, 7) is 5.84. The third-order valence-corrected chi connectivity index (χ3v) is 7.11. The summed E-state index contributed by atoms with van der Waals surface area (Å²) in [6, 6.07) is 16.3. The second-order valence-corrected chi connectivity index (χ2v) is 11.4. The van der Waals surface area contributed by atoms with E-state index in [0.717, 1.165) is 34.9 Å². The Bertz CT molecular complexity index is 1140. The Labute approximate surface area is 220 Å². The van der Waals surface area contributed by atoms with E-state index in [-0.39, 0.29) is 24.3 Å². The number of piperidine rings is 1. The predicted octanol–water partition coefficient (Wildman–Crippen LogP) is 5.37. The van der Waals surface area contributed by atoms with Gasteiger partial charge in [-0.25, -0.2) is 4.79 Å². The molecule has 4 atom stereocenters. The minimum Gasteiger partial charge on any atom is -0.489 e. The molecule has 0 aromatic heterocycles. The molecule has 1 N–H and O–H groups in total. The summed E-state index contributed by atoms with van der Waals surface area (Å²) in [5.41, 5.74) is 1.21. The average Bonchev–Trinajstić information content (AvgIpc) is 3.45. The highest BCUT2D eigenvalue weighted by molar-refractivity contribution is 9.10. The van der Waals surface area contributed by atoms with Crippen molar-refractivity contribution >= 4 is 27.9 Å². The first-order chi connectivity index (χ1) is 17.1. The quantitative estimate of drug-likeness (QED) is 0.497. The van der Waals surface area contributed by atoms with Gasteiger partial charge < -0.3 is 14.8 Å². The van der Waals surface area contributed by atoms with E-state index < -0.39 is 23.8 Å². The zero-order valence-electron chi connectivity index (χ0n) is 20.9. The van der Waals surface area contributed by atoms with Crippen LogP contribution in [0.3, 0.4) is 0 Å². The minimum atomic E-state index is -0.766. The molecule has 1 heterocycles. The van der Waals surface area contributed by atoms with E-state index in [2.05, 4.69) is 27.3 Å². The number of halogens is 1. The number of nitrogens with zero attached hydrogens (tertiary/aromatic N) is 2. The fourth-order valence-electron chi connectivity index (χ4n) is 5.08. The van der Waals surface area contributed by atoms with Gasteiger partial charge in [-0.15, -0.1) is 0 Å². The van der Waals surface area contributed by atoms with Crippen molar-refractivity contribution < 1.29 is 19.1 Å². The van der Waals surface area contributed by atoms with Crippen LogP contribution in [0.15, 0.2) is 53.0 Å². The van der Waals surface area contributed by atoms with Crippen molar-refractivity contribution in [2.75, 3.05) is 0 Å². The summed E-state index contributed by atoms with van der Waals surface area (Å²) in [5, 5.41) is 12.8. The topological polar surface area (TPSA) is 91.7 Å². The summed E-state index contributed by atoms with van der Waals surface area (Å²) in [5.74, 6) is 0.431. The van der Waals surface area contributed by atoms with Gasteiger partial charge in [0.2, 0.25) is 5.91 Å². The van der Waals surface area contributed by atoms with E-state index in [1.54, 1.807) is 4.90 Å². The number of hydrogen-bond donors (Lipinski definition) is 1. The van der Waals surface area contributed by atoms with Gasteiger partial charge in [-0.3, -0.25) is 9.69 Å². The Morgan fingerprint density at radius 2 is 1.94 bits per heavy atom. The number of benzene rings is 2. The zero-order chi connectivity index (χ0) is 25.9. The lowest BCUT2D eigenvalue weighted by Gasteiger charge is -2.35. The standard InChI is InChI=1S/C28H32BrN3O4/c1-28(2,3)36-27(34)32-23-12-10-20(14-23)25(32)26(33)31-22(16-30)13-19-9-11-21(29)15-24(19)35-17-18-7-5-4-6-8-18/h4-9,11,15,20,22-23,25H,10,12-14,17H2,1-3H3,(H,31,33)/t20-,22?,23?,25-/m0/s1. The van der Waals surface area contributed by atoms with Crippen LogP contribution in [0, 0.1) is 17.2 Å². The normalized spacial score (nSPS) is 21.5. The minimum absolute atomic E-state index is 0.00518. The smallest absolute Gasteiger partial charge is 0.411 e. The van der Waals surface area contributed by atoms with Crippen LogP contribution in [0.4, 0.5) is 4.79 Å². The Morgan fingerprint density at radius 1 is 1.19 bits per heavy atom. The molecule has 1 aliphatic heterocycles. The molecule has 2 amide bonds. The summed E-state index contributed by atoms with van der Waals surface area (Å²) in [7, 11) is 0. The van der Waals surface area contributed by atoms with Gasteiger partial charge in [0.05, 0.1) is 6.07 Å². The summed E-state index contributed by atoms with van der Waals surface area (Å²) in [4.78, 5) is 27.9. The summed E-state index contributed by atoms with van der Waals surface area (Å²) >= 11 is 3.49. The van der Waals surface area contributed by atoms with Crippen LogP contribution in [0.1, 0.15) is 51.2 Å². The number of likely N-dealkylation sites (tertiary alicyclic amines) is 1. The Hall–Kier alpha value is -3.05. The molecule has 1 saturated carbocycles. The molecule has 0 spiro atoms. The molecule has 1 aliphatic carbocycles. The van der Waals surface area contributed by atoms with Gasteiger partial charge >= 0.3 is 6.09 Å². The van der Waals surface area contributed by atoms with Crippen LogP contribution in [0.2, 0.25) is 0 Å². The van der Waals surface area contributed by atoms with Gasteiger partial charge in [0.25, 0.3) is 0 Å². The van der Waals surface area contributed by atoms with Crippen molar-refractivity contribution in [3.05, 3.63) is 64.1 Å². The van der Waals surface area contributed by atoms with Crippen LogP contribution >= 0.6 is 15.9 Å². The second-order valence-electron chi connectivity index (χ2n) is 10.5. The van der Waals surface area contributed by atoms with Gasteiger partial charge in [-0.2, -0.15) is 5.26 Å². The van der Waals surface area contributed by atoms with Crippen LogP contribution < -0.4 is 10.1 Å². The third-order valence-electron chi connectivity index (χ3n) is 6.62. The lowest BCUT2D eigenvalue weighted by Crippen LogP contribution is -2.55. The molecular weight excluding hydrogens is 522 g/mol. The number of carbonyl (C=O) groups is 2. The molecule has 4 rings (SSSR count). The second kappa shape index (κ2) is 10.9. The zero-order valence-corrected chi connectivity index (χ0v) is 22.5. The van der Waals surface area contributed by atoms with E-state index in [9.17, 15) is 14.9 Å². The van der Waals surface area contributed by atoms with Gasteiger partial charge in [-0.1, -0.05) is 52.3 Å². The lowest BCUT2D eigenvalue weighted by molar-refractivity contribution is -0.128. The number of nitrogens with one attached hydrogen (secondary N) is 1. The van der Waals surface area contributed by atoms with Crippen molar-refractivity contribution in [1.29, 1.82) is 5.26 Å². The monoisotopic (exact) mass is 553 g/mol. The molecule has 1 saturated heterocycles. The molecule has 2 aliphatic rings. The Kier molecular flexibility index (Phi) is 7.89. The first kappa shape index (κ1) is 26.0. The highest BCUT2D eigenvalue weighted by atomic mass is 79.9. The van der Waals surface area contributed by atoms with Gasteiger partial charge in [0, 0.05) is 16.9 Å². The predicted molar refractivity (Wildman–Crippen MR) is 139 cm³/mol. The first-order valence-electron chi connectivity index (χ1n) is 12.3. The fourth-order valence-corrected chi connectivity index (χ4v) is 5.42. The summed E-state index contributed by atoms with van der Waals surface area (Å²) < 4.78 is 12.5. The maximum atomic E-state index is 13.4. The number of fused-ring (bicyclic) bond motifs is 2. The number of hydrogen-bond acceptors (Lipinski definition) is 5. The third kappa shape index (κ3) is 6.19. The van der Waals surface area contributed by atoms with Gasteiger partial charge in [0.15, 0.2) is 0 Å². The molecule has 2 aromatic rings. The van der Waals surface area contributed by atoms with Crippen molar-refractivity contribution in [3.63, 3.8) is 0 Å². The Balaban J connectivity index is 1.45. The highest BCUT2D eigenvalue weighted by Gasteiger charge is 2.52. The maximum absolute atomic E-state index is 13.4. The molecule has 36 heavy (non-hydrogen) atoms. The van der Waals surface area contributed by atoms with Crippen molar-refractivity contribution in [3.8, 4) is 11.8 Å².